The number of alkyl halides is 3. The summed E-state index contributed by atoms with van der Waals surface area (Å²) in [5, 5.41) is 4.53. The van der Waals surface area contributed by atoms with Crippen molar-refractivity contribution >= 4 is 23.4 Å². The van der Waals surface area contributed by atoms with Crippen LogP contribution in [-0.4, -0.2) is 31.4 Å². The third kappa shape index (κ3) is 5.81. The first kappa shape index (κ1) is 14.7. The first-order valence-electron chi connectivity index (χ1n) is 5.12. The smallest absolute Gasteiger partial charge is 0.376 e. The fraction of sp³-hybridized carbons (Fsp3) is 0.364. The molecule has 0 unspecified atom stereocenters. The van der Waals surface area contributed by atoms with Crippen molar-refractivity contribution in [1.82, 2.24) is 5.32 Å². The van der Waals surface area contributed by atoms with E-state index in [1.54, 1.807) is 29.2 Å². The zero-order valence-corrected chi connectivity index (χ0v) is 10.5. The van der Waals surface area contributed by atoms with E-state index in [9.17, 15) is 18.0 Å². The molecule has 18 heavy (non-hydrogen) atoms. The van der Waals surface area contributed by atoms with Crippen LogP contribution in [0.4, 0.5) is 18.9 Å². The molecule has 0 fully saturated rings. The summed E-state index contributed by atoms with van der Waals surface area (Å²) in [6.07, 6.45) is -2.44. The summed E-state index contributed by atoms with van der Waals surface area (Å²) >= 11 is 1.58. The monoisotopic (exact) mass is 278 g/mol. The lowest BCUT2D eigenvalue weighted by Crippen LogP contribution is -2.37. The molecule has 1 amide bonds. The number of carbonyl (C=O) groups is 1. The fourth-order valence-electron chi connectivity index (χ4n) is 1.15. The molecule has 0 radical (unpaired) electrons. The highest BCUT2D eigenvalue weighted by molar-refractivity contribution is 7.98. The molecule has 3 nitrogen and oxygen atoms in total. The van der Waals surface area contributed by atoms with Crippen molar-refractivity contribution in [2.45, 2.75) is 11.1 Å². The number of nitrogens with one attached hydrogen (secondary N) is 2. The van der Waals surface area contributed by atoms with Crippen LogP contribution in [0.3, 0.4) is 0 Å². The highest BCUT2D eigenvalue weighted by Crippen LogP contribution is 2.17. The lowest BCUT2D eigenvalue weighted by Gasteiger charge is -2.09. The fourth-order valence-corrected chi connectivity index (χ4v) is 1.56. The van der Waals surface area contributed by atoms with Crippen LogP contribution in [0, 0.1) is 0 Å². The van der Waals surface area contributed by atoms with Gasteiger partial charge in [0.1, 0.15) is 6.54 Å². The minimum atomic E-state index is -4.38. The zero-order chi connectivity index (χ0) is 13.6. The van der Waals surface area contributed by atoms with E-state index in [4.69, 9.17) is 0 Å². The van der Waals surface area contributed by atoms with Gasteiger partial charge in [0.25, 0.3) is 0 Å². The van der Waals surface area contributed by atoms with Gasteiger partial charge in [-0.3, -0.25) is 4.79 Å². The van der Waals surface area contributed by atoms with E-state index in [-0.39, 0.29) is 6.54 Å². The molecule has 1 rings (SSSR count). The van der Waals surface area contributed by atoms with Crippen molar-refractivity contribution in [3.63, 3.8) is 0 Å². The Morgan fingerprint density at radius 2 is 1.89 bits per heavy atom. The quantitative estimate of drug-likeness (QED) is 0.813. The Balaban J connectivity index is 2.33. The van der Waals surface area contributed by atoms with Crippen molar-refractivity contribution in [3.05, 3.63) is 24.3 Å². The number of amides is 1. The number of halogens is 3. The lowest BCUT2D eigenvalue weighted by molar-refractivity contribution is -0.137. The lowest BCUT2D eigenvalue weighted by atomic mass is 10.3. The van der Waals surface area contributed by atoms with Gasteiger partial charge < -0.3 is 10.6 Å². The van der Waals surface area contributed by atoms with E-state index in [0.29, 0.717) is 5.69 Å². The molecule has 7 heteroatoms. The van der Waals surface area contributed by atoms with Crippen LogP contribution in [0.25, 0.3) is 0 Å². The van der Waals surface area contributed by atoms with Gasteiger partial charge in [0.05, 0.1) is 6.54 Å². The maximum atomic E-state index is 11.8. The van der Waals surface area contributed by atoms with E-state index in [2.05, 4.69) is 5.32 Å². The highest BCUT2D eigenvalue weighted by atomic mass is 32.2. The minimum absolute atomic E-state index is 0.186. The first-order valence-corrected chi connectivity index (χ1v) is 6.34. The second-order valence-corrected chi connectivity index (χ2v) is 4.35. The maximum Gasteiger partial charge on any atom is 0.405 e. The van der Waals surface area contributed by atoms with Gasteiger partial charge >= 0.3 is 6.18 Å². The van der Waals surface area contributed by atoms with Crippen LogP contribution < -0.4 is 10.6 Å². The predicted octanol–water partition coefficient (Wildman–Crippen LogP) is 2.50. The summed E-state index contributed by atoms with van der Waals surface area (Å²) in [6, 6.07) is 7.26. The Bertz CT molecular complexity index is 392. The topological polar surface area (TPSA) is 41.1 Å². The number of thioether (sulfide) groups is 1. The van der Waals surface area contributed by atoms with E-state index in [1.165, 1.54) is 0 Å². The van der Waals surface area contributed by atoms with Gasteiger partial charge in [-0.2, -0.15) is 13.2 Å². The maximum absolute atomic E-state index is 11.8. The average molecular weight is 278 g/mol. The summed E-state index contributed by atoms with van der Waals surface area (Å²) in [4.78, 5) is 12.2. The van der Waals surface area contributed by atoms with E-state index in [0.717, 1.165) is 4.90 Å². The van der Waals surface area contributed by atoms with Crippen LogP contribution in [-0.2, 0) is 4.79 Å². The van der Waals surface area contributed by atoms with Gasteiger partial charge in [0.2, 0.25) is 5.91 Å². The Morgan fingerprint density at radius 3 is 2.39 bits per heavy atom. The second kappa shape index (κ2) is 6.53. The summed E-state index contributed by atoms with van der Waals surface area (Å²) in [7, 11) is 0. The number of anilines is 1. The summed E-state index contributed by atoms with van der Waals surface area (Å²) in [5.74, 6) is -0.693. The number of carbonyl (C=O) groups excluding carboxylic acids is 1. The SMILES string of the molecule is CSc1ccc(NCC(=O)NCC(F)(F)F)cc1. The number of hydrogen-bond donors (Lipinski definition) is 2. The Labute approximate surface area is 107 Å². The molecule has 0 aromatic heterocycles. The molecule has 0 aliphatic rings. The molecule has 0 saturated heterocycles. The summed E-state index contributed by atoms with van der Waals surface area (Å²) in [5.41, 5.74) is 0.690. The third-order valence-corrected chi connectivity index (χ3v) is 2.77. The number of rotatable bonds is 5. The van der Waals surface area contributed by atoms with Crippen molar-refractivity contribution < 1.29 is 18.0 Å². The van der Waals surface area contributed by atoms with Gasteiger partial charge in [-0.05, 0) is 30.5 Å². The van der Waals surface area contributed by atoms with Gasteiger partial charge in [0, 0.05) is 10.6 Å². The zero-order valence-electron chi connectivity index (χ0n) is 9.67. The second-order valence-electron chi connectivity index (χ2n) is 3.47. The van der Waals surface area contributed by atoms with Gasteiger partial charge in [-0.25, -0.2) is 0 Å². The van der Waals surface area contributed by atoms with E-state index < -0.39 is 18.6 Å². The Morgan fingerprint density at radius 1 is 1.28 bits per heavy atom. The Kier molecular flexibility index (Phi) is 5.33. The predicted molar refractivity (Wildman–Crippen MR) is 65.8 cm³/mol. The Hall–Kier alpha value is -1.37. The molecule has 0 heterocycles. The van der Waals surface area contributed by atoms with Crippen LogP contribution in [0.15, 0.2) is 29.2 Å². The van der Waals surface area contributed by atoms with E-state index >= 15 is 0 Å². The largest absolute Gasteiger partial charge is 0.405 e. The standard InChI is InChI=1S/C11H13F3N2OS/c1-18-9-4-2-8(3-5-9)15-6-10(17)16-7-11(12,13)14/h2-5,15H,6-7H2,1H3,(H,16,17). The van der Waals surface area contributed by atoms with Gasteiger partial charge in [0.15, 0.2) is 0 Å². The first-order chi connectivity index (χ1) is 8.40. The molecule has 0 saturated carbocycles. The van der Waals surface area contributed by atoms with E-state index in [1.807, 2.05) is 18.4 Å². The molecular formula is C11H13F3N2OS. The number of hydrogen-bond acceptors (Lipinski definition) is 3. The summed E-state index contributed by atoms with van der Waals surface area (Å²) in [6.45, 7) is -1.49. The molecule has 0 aliphatic heterocycles. The van der Waals surface area contributed by atoms with Crippen molar-refractivity contribution in [2.24, 2.45) is 0 Å². The average Bonchev–Trinajstić information content (AvgIpc) is 2.33. The van der Waals surface area contributed by atoms with Crippen LogP contribution in [0.2, 0.25) is 0 Å². The molecule has 1 aromatic rings. The number of benzene rings is 1. The van der Waals surface area contributed by atoms with Crippen molar-refractivity contribution in [2.75, 3.05) is 24.7 Å². The van der Waals surface area contributed by atoms with Gasteiger partial charge in [-0.1, -0.05) is 0 Å². The van der Waals surface area contributed by atoms with Gasteiger partial charge in [-0.15, -0.1) is 11.8 Å². The molecule has 100 valence electrons. The third-order valence-electron chi connectivity index (χ3n) is 2.03. The summed E-state index contributed by atoms with van der Waals surface area (Å²) < 4.78 is 35.5. The minimum Gasteiger partial charge on any atom is -0.376 e. The van der Waals surface area contributed by atoms with Crippen molar-refractivity contribution in [3.8, 4) is 0 Å². The molecule has 1 aromatic carbocycles. The molecule has 0 bridgehead atoms. The van der Waals surface area contributed by atoms with Crippen LogP contribution in [0.5, 0.6) is 0 Å². The molecule has 0 spiro atoms. The molecule has 2 N–H and O–H groups in total. The molecular weight excluding hydrogens is 265 g/mol. The molecule has 0 aliphatic carbocycles. The van der Waals surface area contributed by atoms with Crippen molar-refractivity contribution in [1.29, 1.82) is 0 Å². The normalized spacial score (nSPS) is 11.1. The highest BCUT2D eigenvalue weighted by Gasteiger charge is 2.27. The van der Waals surface area contributed by atoms with Crippen LogP contribution in [0.1, 0.15) is 0 Å². The molecule has 0 atom stereocenters. The van der Waals surface area contributed by atoms with Crippen LogP contribution >= 0.6 is 11.8 Å².